The third kappa shape index (κ3) is 4.52. The average molecular weight is 316 g/mol. The van der Waals surface area contributed by atoms with Gasteiger partial charge >= 0.3 is 5.97 Å². The molecular weight excluding hydrogens is 304 g/mol. The second-order valence-electron chi connectivity index (χ2n) is 4.26. The molecule has 0 aromatic carbocycles. The van der Waals surface area contributed by atoms with Crippen molar-refractivity contribution in [1.82, 2.24) is 30.6 Å². The van der Waals surface area contributed by atoms with Gasteiger partial charge in [-0.3, -0.25) is 19.6 Å². The molecule has 0 spiro atoms. The maximum atomic E-state index is 11.9. The van der Waals surface area contributed by atoms with Gasteiger partial charge < -0.3 is 15.7 Å². The highest BCUT2D eigenvalue weighted by molar-refractivity contribution is 5.95. The van der Waals surface area contributed by atoms with E-state index in [9.17, 15) is 14.4 Å². The zero-order valence-corrected chi connectivity index (χ0v) is 11.7. The van der Waals surface area contributed by atoms with Crippen LogP contribution in [-0.2, 0) is 4.79 Å². The lowest BCUT2D eigenvalue weighted by Crippen LogP contribution is -2.48. The Labute approximate surface area is 130 Å². The van der Waals surface area contributed by atoms with E-state index in [1.165, 1.54) is 37.2 Å². The fourth-order valence-corrected chi connectivity index (χ4v) is 1.55. The number of amides is 2. The lowest BCUT2D eigenvalue weighted by molar-refractivity contribution is -0.139. The Bertz CT molecular complexity index is 694. The van der Waals surface area contributed by atoms with E-state index in [-0.39, 0.29) is 17.9 Å². The van der Waals surface area contributed by atoms with Crippen LogP contribution in [0.5, 0.6) is 0 Å². The van der Waals surface area contributed by atoms with Crippen LogP contribution in [0.15, 0.2) is 37.2 Å². The maximum Gasteiger partial charge on any atom is 0.328 e. The van der Waals surface area contributed by atoms with Crippen molar-refractivity contribution in [3.63, 3.8) is 0 Å². The van der Waals surface area contributed by atoms with E-state index in [0.29, 0.717) is 0 Å². The molecule has 0 aliphatic carbocycles. The van der Waals surface area contributed by atoms with Gasteiger partial charge in [0.25, 0.3) is 11.8 Å². The first-order valence-electron chi connectivity index (χ1n) is 6.42. The van der Waals surface area contributed by atoms with Crippen molar-refractivity contribution in [3.05, 3.63) is 48.6 Å². The van der Waals surface area contributed by atoms with Gasteiger partial charge in [-0.1, -0.05) is 0 Å². The summed E-state index contributed by atoms with van der Waals surface area (Å²) in [4.78, 5) is 49.8. The molecule has 0 saturated carbocycles. The number of rotatable bonds is 6. The van der Waals surface area contributed by atoms with Crippen LogP contribution in [0.25, 0.3) is 0 Å². The van der Waals surface area contributed by atoms with Crippen molar-refractivity contribution < 1.29 is 19.5 Å². The average Bonchev–Trinajstić information content (AvgIpc) is 2.59. The van der Waals surface area contributed by atoms with Gasteiger partial charge in [-0.2, -0.15) is 0 Å². The van der Waals surface area contributed by atoms with E-state index in [1.807, 2.05) is 0 Å². The predicted molar refractivity (Wildman–Crippen MR) is 75.3 cm³/mol. The van der Waals surface area contributed by atoms with E-state index >= 15 is 0 Å². The number of nitrogens with zero attached hydrogens (tertiary/aromatic N) is 4. The summed E-state index contributed by atoms with van der Waals surface area (Å²) >= 11 is 0. The van der Waals surface area contributed by atoms with E-state index in [2.05, 4.69) is 30.6 Å². The smallest absolute Gasteiger partial charge is 0.328 e. The number of hydrogen-bond donors (Lipinski definition) is 3. The minimum atomic E-state index is -1.33. The van der Waals surface area contributed by atoms with Gasteiger partial charge in [0.15, 0.2) is 0 Å². The number of aliphatic carboxylic acids is 1. The van der Waals surface area contributed by atoms with Crippen molar-refractivity contribution in [2.24, 2.45) is 0 Å². The summed E-state index contributed by atoms with van der Waals surface area (Å²) in [5, 5.41) is 13.7. The van der Waals surface area contributed by atoms with Gasteiger partial charge in [0, 0.05) is 31.3 Å². The van der Waals surface area contributed by atoms with Gasteiger partial charge in [-0.15, -0.1) is 0 Å². The Kier molecular flexibility index (Phi) is 5.23. The fraction of sp³-hybridized carbons (Fsp3) is 0.154. The van der Waals surface area contributed by atoms with E-state index in [1.54, 1.807) is 0 Å². The second-order valence-corrected chi connectivity index (χ2v) is 4.26. The van der Waals surface area contributed by atoms with E-state index in [4.69, 9.17) is 5.11 Å². The molecule has 0 aliphatic heterocycles. The summed E-state index contributed by atoms with van der Waals surface area (Å²) < 4.78 is 0. The fourth-order valence-electron chi connectivity index (χ4n) is 1.55. The summed E-state index contributed by atoms with van der Waals surface area (Å²) in [5.41, 5.74) is 0.0101. The number of nitrogens with one attached hydrogen (secondary N) is 2. The molecule has 3 N–H and O–H groups in total. The standard InChI is InChI=1S/C13H12N6O4/c20-11(8-5-14-1-3-16-8)18-7-10(13(22)23)19-12(21)9-6-15-2-4-17-9/h1-6,10H,7H2,(H,18,20)(H,19,21)(H,22,23). The lowest BCUT2D eigenvalue weighted by Gasteiger charge is -2.14. The molecule has 2 aromatic rings. The largest absolute Gasteiger partial charge is 0.480 e. The first-order valence-corrected chi connectivity index (χ1v) is 6.42. The van der Waals surface area contributed by atoms with Gasteiger partial charge in [0.1, 0.15) is 17.4 Å². The molecule has 2 aromatic heterocycles. The van der Waals surface area contributed by atoms with Crippen molar-refractivity contribution in [3.8, 4) is 0 Å². The number of carbonyl (C=O) groups is 3. The molecule has 0 bridgehead atoms. The van der Waals surface area contributed by atoms with Gasteiger partial charge in [0.2, 0.25) is 0 Å². The van der Waals surface area contributed by atoms with Gasteiger partial charge in [0.05, 0.1) is 12.4 Å². The Morgan fingerprint density at radius 3 is 2.00 bits per heavy atom. The molecule has 2 amide bonds. The summed E-state index contributed by atoms with van der Waals surface area (Å²) in [7, 11) is 0. The van der Waals surface area contributed by atoms with Crippen LogP contribution >= 0.6 is 0 Å². The van der Waals surface area contributed by atoms with Crippen LogP contribution < -0.4 is 10.6 Å². The second kappa shape index (κ2) is 7.54. The van der Waals surface area contributed by atoms with Crippen LogP contribution in [0, 0.1) is 0 Å². The summed E-state index contributed by atoms with van der Waals surface area (Å²) in [6.07, 6.45) is 7.86. The molecule has 10 nitrogen and oxygen atoms in total. The number of carbonyl (C=O) groups excluding carboxylic acids is 2. The zero-order valence-electron chi connectivity index (χ0n) is 11.7. The van der Waals surface area contributed by atoms with Crippen molar-refractivity contribution in [2.45, 2.75) is 6.04 Å². The molecule has 2 rings (SSSR count). The number of carboxylic acids is 1. The third-order valence-corrected chi connectivity index (χ3v) is 2.66. The minimum Gasteiger partial charge on any atom is -0.480 e. The Hall–Kier alpha value is -3.43. The molecule has 118 valence electrons. The van der Waals surface area contributed by atoms with E-state index in [0.717, 1.165) is 0 Å². The van der Waals surface area contributed by atoms with Crippen molar-refractivity contribution in [1.29, 1.82) is 0 Å². The van der Waals surface area contributed by atoms with Crippen LogP contribution in [-0.4, -0.2) is 55.4 Å². The van der Waals surface area contributed by atoms with Gasteiger partial charge in [-0.05, 0) is 0 Å². The first-order chi connectivity index (χ1) is 11.1. The lowest BCUT2D eigenvalue weighted by atomic mass is 10.2. The SMILES string of the molecule is O=C(NCC(NC(=O)c1cnccn1)C(=O)O)c1cnccn1. The predicted octanol–water partition coefficient (Wildman–Crippen LogP) is -1.12. The van der Waals surface area contributed by atoms with Crippen LogP contribution in [0.1, 0.15) is 21.0 Å². The van der Waals surface area contributed by atoms with Crippen LogP contribution in [0.4, 0.5) is 0 Å². The summed E-state index contributed by atoms with van der Waals surface area (Å²) in [5.74, 6) is -2.61. The summed E-state index contributed by atoms with van der Waals surface area (Å²) in [6.45, 7) is -0.323. The molecule has 2 heterocycles. The number of carboxylic acid groups (broad SMARTS) is 1. The number of hydrogen-bond acceptors (Lipinski definition) is 7. The first kappa shape index (κ1) is 15.9. The Balaban J connectivity index is 1.96. The Morgan fingerprint density at radius 2 is 1.52 bits per heavy atom. The van der Waals surface area contributed by atoms with Crippen LogP contribution in [0.3, 0.4) is 0 Å². The topological polar surface area (TPSA) is 147 Å². The van der Waals surface area contributed by atoms with Crippen molar-refractivity contribution in [2.75, 3.05) is 6.54 Å². The molecule has 0 aliphatic rings. The van der Waals surface area contributed by atoms with Crippen molar-refractivity contribution >= 4 is 17.8 Å². The highest BCUT2D eigenvalue weighted by Crippen LogP contribution is 1.94. The highest BCUT2D eigenvalue weighted by atomic mass is 16.4. The minimum absolute atomic E-state index is 0.0287. The monoisotopic (exact) mass is 316 g/mol. The normalized spacial score (nSPS) is 11.3. The molecule has 1 atom stereocenters. The maximum absolute atomic E-state index is 11.9. The van der Waals surface area contributed by atoms with E-state index < -0.39 is 23.8 Å². The zero-order chi connectivity index (χ0) is 16.7. The molecular formula is C13H12N6O4. The Morgan fingerprint density at radius 1 is 0.957 bits per heavy atom. The molecule has 0 saturated heterocycles. The molecule has 10 heteroatoms. The van der Waals surface area contributed by atoms with Crippen LogP contribution in [0.2, 0.25) is 0 Å². The quantitative estimate of drug-likeness (QED) is 0.607. The molecule has 0 radical (unpaired) electrons. The molecule has 1 unspecified atom stereocenters. The third-order valence-electron chi connectivity index (χ3n) is 2.66. The summed E-state index contributed by atoms with van der Waals surface area (Å²) in [6, 6.07) is -1.33. The number of aromatic nitrogens is 4. The highest BCUT2D eigenvalue weighted by Gasteiger charge is 2.22. The molecule has 0 fully saturated rings. The van der Waals surface area contributed by atoms with Gasteiger partial charge in [-0.25, -0.2) is 14.8 Å². The molecule has 23 heavy (non-hydrogen) atoms.